The van der Waals surface area contributed by atoms with Crippen LogP contribution in [0.25, 0.3) is 5.73 Å². The van der Waals surface area contributed by atoms with E-state index in [0.717, 1.165) is 0 Å². The van der Waals surface area contributed by atoms with Crippen LogP contribution in [0.4, 0.5) is 0 Å². The summed E-state index contributed by atoms with van der Waals surface area (Å²) < 4.78 is 0. The van der Waals surface area contributed by atoms with Gasteiger partial charge in [0.25, 0.3) is 0 Å². The third-order valence-electron chi connectivity index (χ3n) is 0. The Hall–Kier alpha value is 1.30. The standard InChI is InChI=1S/CH4N.Ru.Ti/c1-2;;/h2H,1H3;;/q-1;;. The molecule has 0 aliphatic heterocycles. The molecular weight excluding hydrogens is 175 g/mol. The third-order valence-corrected chi connectivity index (χ3v) is 0. The van der Waals surface area contributed by atoms with Gasteiger partial charge in [0.2, 0.25) is 0 Å². The van der Waals surface area contributed by atoms with E-state index < -0.39 is 0 Å². The fourth-order valence-electron chi connectivity index (χ4n) is 0. The molecular formula is CH4NRuTi-. The first-order chi connectivity index (χ1) is 1.00. The molecule has 0 aliphatic carbocycles. The average Bonchev–Trinajstić information content (AvgIpc) is 1.00. The first-order valence-electron chi connectivity index (χ1n) is 0.500. The molecule has 0 bridgehead atoms. The van der Waals surface area contributed by atoms with Gasteiger partial charge in [-0.15, -0.1) is 0 Å². The largest absolute Gasteiger partial charge is 0.680 e. The topological polar surface area (TPSA) is 23.8 Å². The number of rotatable bonds is 0. The van der Waals surface area contributed by atoms with Gasteiger partial charge >= 0.3 is 0 Å². The van der Waals surface area contributed by atoms with Crippen LogP contribution in [0.5, 0.6) is 0 Å². The molecule has 0 atom stereocenters. The van der Waals surface area contributed by atoms with Crippen molar-refractivity contribution in [3.05, 3.63) is 5.73 Å². The Labute approximate surface area is 54.0 Å². The van der Waals surface area contributed by atoms with Crippen molar-refractivity contribution < 1.29 is 41.2 Å². The Morgan fingerprint density at radius 2 is 1.25 bits per heavy atom. The molecule has 0 unspecified atom stereocenters. The maximum atomic E-state index is 5.75. The normalized spacial score (nSPS) is 1.50. The molecule has 0 aliphatic rings. The fraction of sp³-hybridized carbons (Fsp3) is 1.00. The van der Waals surface area contributed by atoms with Crippen LogP contribution < -0.4 is 0 Å². The zero-order chi connectivity index (χ0) is 2.00. The van der Waals surface area contributed by atoms with Crippen molar-refractivity contribution in [3.63, 3.8) is 0 Å². The van der Waals surface area contributed by atoms with Crippen molar-refractivity contribution in [3.8, 4) is 0 Å². The smallest absolute Gasteiger partial charge is 0 e. The third kappa shape index (κ3) is 10.3. The molecule has 26 valence electrons. The van der Waals surface area contributed by atoms with Crippen LogP contribution >= 0.6 is 0 Å². The van der Waals surface area contributed by atoms with E-state index in [2.05, 4.69) is 0 Å². The van der Waals surface area contributed by atoms with E-state index >= 15 is 0 Å². The SMILES string of the molecule is C[NH-].[Ru].[Ti]. The Morgan fingerprint density at radius 1 is 1.25 bits per heavy atom. The molecule has 1 N–H and O–H groups in total. The molecule has 0 aromatic carbocycles. The van der Waals surface area contributed by atoms with Gasteiger partial charge in [0.15, 0.2) is 0 Å². The minimum absolute atomic E-state index is 0. The second kappa shape index (κ2) is 27.8. The predicted molar refractivity (Wildman–Crippen MR) is 10.2 cm³/mol. The van der Waals surface area contributed by atoms with Crippen molar-refractivity contribution >= 4 is 0 Å². The van der Waals surface area contributed by atoms with E-state index in [9.17, 15) is 0 Å². The van der Waals surface area contributed by atoms with Gasteiger partial charge in [0.1, 0.15) is 0 Å². The molecule has 0 saturated heterocycles. The monoisotopic (exact) mass is 180 g/mol. The summed E-state index contributed by atoms with van der Waals surface area (Å²) in [5.74, 6) is 0. The van der Waals surface area contributed by atoms with Crippen molar-refractivity contribution in [1.82, 2.24) is 0 Å². The van der Waals surface area contributed by atoms with E-state index in [1.54, 1.807) is 0 Å². The maximum absolute atomic E-state index is 5.75. The van der Waals surface area contributed by atoms with E-state index in [0.29, 0.717) is 0 Å². The van der Waals surface area contributed by atoms with Gasteiger partial charge in [0, 0.05) is 41.2 Å². The molecule has 0 spiro atoms. The summed E-state index contributed by atoms with van der Waals surface area (Å²) in [6.07, 6.45) is 0. The summed E-state index contributed by atoms with van der Waals surface area (Å²) >= 11 is 0. The summed E-state index contributed by atoms with van der Waals surface area (Å²) in [5, 5.41) is 0. The second-order valence-electron chi connectivity index (χ2n) is 0. The number of hydrogen-bond donors (Lipinski definition) is 0. The molecule has 0 radical (unpaired) electrons. The predicted octanol–water partition coefficient (Wildman–Crippen LogP) is 0.663. The zero-order valence-corrected chi connectivity index (χ0v) is 5.65. The van der Waals surface area contributed by atoms with E-state index in [1.165, 1.54) is 7.05 Å². The number of hydrogen-bond acceptors (Lipinski definition) is 0. The Bertz CT molecular complexity index is 8.00. The Morgan fingerprint density at radius 3 is 1.25 bits per heavy atom. The number of nitrogens with one attached hydrogen (secondary N) is 1. The fourth-order valence-corrected chi connectivity index (χ4v) is 0. The molecule has 0 rings (SSSR count). The molecule has 0 amide bonds. The summed E-state index contributed by atoms with van der Waals surface area (Å²) in [7, 11) is 1.25. The Kier molecular flexibility index (Phi) is 129. The van der Waals surface area contributed by atoms with Crippen LogP contribution in [0.1, 0.15) is 0 Å². The van der Waals surface area contributed by atoms with Gasteiger partial charge < -0.3 is 5.73 Å². The molecule has 0 saturated carbocycles. The Balaban J connectivity index is -0.00000000500. The molecule has 0 fully saturated rings. The molecule has 3 heteroatoms. The maximum Gasteiger partial charge on any atom is 0 e. The first-order valence-corrected chi connectivity index (χ1v) is 0.500. The van der Waals surface area contributed by atoms with Crippen LogP contribution in [0.2, 0.25) is 0 Å². The minimum atomic E-state index is 0. The van der Waals surface area contributed by atoms with Gasteiger partial charge in [-0.25, -0.2) is 0 Å². The zero-order valence-electron chi connectivity index (χ0n) is 2.35. The van der Waals surface area contributed by atoms with Gasteiger partial charge in [-0.1, -0.05) is 0 Å². The second-order valence-corrected chi connectivity index (χ2v) is 0. The molecule has 4 heavy (non-hydrogen) atoms. The summed E-state index contributed by atoms with van der Waals surface area (Å²) in [5.41, 5.74) is 5.75. The van der Waals surface area contributed by atoms with Crippen molar-refractivity contribution in [1.29, 1.82) is 0 Å². The summed E-state index contributed by atoms with van der Waals surface area (Å²) in [6, 6.07) is 0. The average molecular weight is 179 g/mol. The molecule has 0 aromatic rings. The van der Waals surface area contributed by atoms with Crippen molar-refractivity contribution in [2.24, 2.45) is 0 Å². The quantitative estimate of drug-likeness (QED) is 0.488. The van der Waals surface area contributed by atoms with E-state index in [-0.39, 0.29) is 41.2 Å². The van der Waals surface area contributed by atoms with Gasteiger partial charge in [-0.05, 0) is 0 Å². The summed E-state index contributed by atoms with van der Waals surface area (Å²) in [6.45, 7) is 0. The van der Waals surface area contributed by atoms with Gasteiger partial charge in [-0.2, -0.15) is 7.05 Å². The van der Waals surface area contributed by atoms with Crippen LogP contribution in [-0.4, -0.2) is 7.05 Å². The van der Waals surface area contributed by atoms with Crippen LogP contribution in [-0.2, 0) is 41.2 Å². The first kappa shape index (κ1) is 18.5. The molecule has 1 nitrogen and oxygen atoms in total. The minimum Gasteiger partial charge on any atom is -0.680 e. The molecule has 0 aromatic heterocycles. The van der Waals surface area contributed by atoms with Crippen molar-refractivity contribution in [2.45, 2.75) is 0 Å². The van der Waals surface area contributed by atoms with Crippen LogP contribution in [0.3, 0.4) is 0 Å². The van der Waals surface area contributed by atoms with Crippen LogP contribution in [0.15, 0.2) is 0 Å². The van der Waals surface area contributed by atoms with Gasteiger partial charge in [-0.3, -0.25) is 0 Å². The van der Waals surface area contributed by atoms with Gasteiger partial charge in [0.05, 0.1) is 0 Å². The van der Waals surface area contributed by atoms with E-state index in [4.69, 9.17) is 5.73 Å². The van der Waals surface area contributed by atoms with Crippen LogP contribution in [0, 0.1) is 0 Å². The summed E-state index contributed by atoms with van der Waals surface area (Å²) in [4.78, 5) is 0. The van der Waals surface area contributed by atoms with Crippen molar-refractivity contribution in [2.75, 3.05) is 7.05 Å². The molecule has 0 heterocycles. The van der Waals surface area contributed by atoms with E-state index in [1.807, 2.05) is 0 Å².